The second-order valence-electron chi connectivity index (χ2n) is 8.79. The number of nitrogens with zero attached hydrogens (tertiary/aromatic N) is 2. The van der Waals surface area contributed by atoms with E-state index >= 15 is 0 Å². The summed E-state index contributed by atoms with van der Waals surface area (Å²) >= 11 is 0. The molecule has 0 radical (unpaired) electrons. The van der Waals surface area contributed by atoms with Gasteiger partial charge in [0.05, 0.1) is 16.2 Å². The van der Waals surface area contributed by atoms with Crippen LogP contribution in [0.1, 0.15) is 54.1 Å². The van der Waals surface area contributed by atoms with E-state index in [1.165, 1.54) is 30.5 Å². The molecule has 1 saturated heterocycles. The fraction of sp³-hybridized carbons (Fsp3) is 0.385. The number of likely N-dealkylation sites (tertiary alicyclic amines) is 1. The van der Waals surface area contributed by atoms with E-state index in [4.69, 9.17) is 0 Å². The van der Waals surface area contributed by atoms with E-state index in [2.05, 4.69) is 21.3 Å². The van der Waals surface area contributed by atoms with Gasteiger partial charge in [-0.05, 0) is 86.8 Å². The second-order valence-corrected chi connectivity index (χ2v) is 10.9. The van der Waals surface area contributed by atoms with Crippen LogP contribution in [0.3, 0.4) is 0 Å². The Hall–Kier alpha value is -2.77. The number of amides is 1. The predicted molar refractivity (Wildman–Crippen MR) is 132 cm³/mol. The lowest BCUT2D eigenvalue weighted by Gasteiger charge is -2.15. The van der Waals surface area contributed by atoms with Crippen molar-refractivity contribution >= 4 is 32.3 Å². The highest BCUT2D eigenvalue weighted by Crippen LogP contribution is 2.26. The Morgan fingerprint density at radius 3 is 2.52 bits per heavy atom. The van der Waals surface area contributed by atoms with Crippen LogP contribution in [0.4, 0.5) is 5.69 Å². The van der Waals surface area contributed by atoms with Gasteiger partial charge in [-0.2, -0.15) is 0 Å². The average Bonchev–Trinajstić information content (AvgIpc) is 3.32. The zero-order valence-corrected chi connectivity index (χ0v) is 20.1. The Labute approximate surface area is 195 Å². The Bertz CT molecular complexity index is 1250. The Kier molecular flexibility index (Phi) is 7.10. The van der Waals surface area contributed by atoms with Crippen molar-refractivity contribution in [3.63, 3.8) is 0 Å². The molecule has 1 amide bonds. The molecule has 0 atom stereocenters. The van der Waals surface area contributed by atoms with Gasteiger partial charge in [0.25, 0.3) is 5.91 Å². The zero-order chi connectivity index (χ0) is 23.4. The number of sulfone groups is 1. The summed E-state index contributed by atoms with van der Waals surface area (Å²) in [6.45, 7) is 7.13. The van der Waals surface area contributed by atoms with Gasteiger partial charge in [-0.25, -0.2) is 8.42 Å². The Balaban J connectivity index is 1.48. The molecule has 1 N–H and O–H groups in total. The number of aryl methyl sites for hydroxylation is 1. The van der Waals surface area contributed by atoms with Crippen LogP contribution in [0.25, 0.3) is 10.9 Å². The van der Waals surface area contributed by atoms with Crippen LogP contribution in [-0.2, 0) is 16.4 Å². The van der Waals surface area contributed by atoms with Crippen LogP contribution >= 0.6 is 0 Å². The van der Waals surface area contributed by atoms with Gasteiger partial charge in [-0.15, -0.1) is 0 Å². The minimum absolute atomic E-state index is 0.123. The third-order valence-corrected chi connectivity index (χ3v) is 8.07. The van der Waals surface area contributed by atoms with E-state index in [0.29, 0.717) is 17.7 Å². The average molecular weight is 466 g/mol. The van der Waals surface area contributed by atoms with Crippen LogP contribution in [0, 0.1) is 6.92 Å². The molecule has 2 aromatic carbocycles. The van der Waals surface area contributed by atoms with E-state index in [0.717, 1.165) is 42.5 Å². The van der Waals surface area contributed by atoms with Crippen molar-refractivity contribution in [1.82, 2.24) is 9.88 Å². The summed E-state index contributed by atoms with van der Waals surface area (Å²) < 4.78 is 24.7. The van der Waals surface area contributed by atoms with Gasteiger partial charge in [-0.3, -0.25) is 14.7 Å². The third-order valence-electron chi connectivity index (χ3n) is 6.26. The van der Waals surface area contributed by atoms with Crippen LogP contribution < -0.4 is 5.32 Å². The highest BCUT2D eigenvalue weighted by molar-refractivity contribution is 7.91. The molecule has 1 aromatic heterocycles. The molecule has 1 aliphatic rings. The number of nitrogens with one attached hydrogen (secondary N) is 1. The number of carbonyl (C=O) groups excluding carboxylic acids is 1. The van der Waals surface area contributed by atoms with Gasteiger partial charge in [-0.1, -0.05) is 19.4 Å². The molecule has 6 nitrogen and oxygen atoms in total. The van der Waals surface area contributed by atoms with Crippen LogP contribution in [-0.4, -0.2) is 43.1 Å². The number of hydrogen-bond donors (Lipinski definition) is 1. The van der Waals surface area contributed by atoms with Crippen molar-refractivity contribution in [2.24, 2.45) is 0 Å². The van der Waals surface area contributed by atoms with Gasteiger partial charge < -0.3 is 5.32 Å². The summed E-state index contributed by atoms with van der Waals surface area (Å²) in [5, 5.41) is 4.01. The number of hydrogen-bond acceptors (Lipinski definition) is 5. The molecular formula is C26H31N3O3S. The maximum absolute atomic E-state index is 12.8. The molecule has 0 unspecified atom stereocenters. The molecule has 0 bridgehead atoms. The summed E-state index contributed by atoms with van der Waals surface area (Å²) in [4.78, 5) is 20.2. The largest absolute Gasteiger partial charge is 0.322 e. The lowest BCUT2D eigenvalue weighted by atomic mass is 10.1. The van der Waals surface area contributed by atoms with Crippen molar-refractivity contribution in [3.05, 3.63) is 65.4 Å². The van der Waals surface area contributed by atoms with Gasteiger partial charge in [0, 0.05) is 29.4 Å². The SMILES string of the molecule is CCCCS(=O)(=O)c1ccc(C(=O)Nc2ccc3cc(CN4CCCC4)cnc3c2C)cc1. The molecule has 1 aliphatic heterocycles. The lowest BCUT2D eigenvalue weighted by Crippen LogP contribution is -2.18. The van der Waals surface area contributed by atoms with Crippen molar-refractivity contribution < 1.29 is 13.2 Å². The molecule has 174 valence electrons. The normalized spacial score (nSPS) is 14.6. The first-order valence-corrected chi connectivity index (χ1v) is 13.3. The van der Waals surface area contributed by atoms with Gasteiger partial charge >= 0.3 is 0 Å². The van der Waals surface area contributed by atoms with E-state index in [1.807, 2.05) is 32.2 Å². The molecule has 0 aliphatic carbocycles. The first-order valence-electron chi connectivity index (χ1n) is 11.6. The quantitative estimate of drug-likeness (QED) is 0.508. The summed E-state index contributed by atoms with van der Waals surface area (Å²) in [5.41, 5.74) is 4.10. The number of pyridine rings is 1. The smallest absolute Gasteiger partial charge is 0.255 e. The predicted octanol–water partition coefficient (Wildman–Crippen LogP) is 4.97. The van der Waals surface area contributed by atoms with Gasteiger partial charge in [0.2, 0.25) is 0 Å². The maximum atomic E-state index is 12.8. The molecule has 33 heavy (non-hydrogen) atoms. The monoisotopic (exact) mass is 465 g/mol. The Morgan fingerprint density at radius 2 is 1.82 bits per heavy atom. The van der Waals surface area contributed by atoms with Crippen molar-refractivity contribution in [1.29, 1.82) is 0 Å². The van der Waals surface area contributed by atoms with Crippen molar-refractivity contribution in [3.8, 4) is 0 Å². The van der Waals surface area contributed by atoms with E-state index in [1.54, 1.807) is 12.1 Å². The first kappa shape index (κ1) is 23.4. The van der Waals surface area contributed by atoms with E-state index < -0.39 is 9.84 Å². The zero-order valence-electron chi connectivity index (χ0n) is 19.3. The second kappa shape index (κ2) is 10.0. The number of carbonyl (C=O) groups is 1. The number of anilines is 1. The third kappa shape index (κ3) is 5.42. The fourth-order valence-electron chi connectivity index (χ4n) is 4.27. The number of unbranched alkanes of at least 4 members (excludes halogenated alkanes) is 1. The topological polar surface area (TPSA) is 79.4 Å². The molecular weight excluding hydrogens is 434 g/mol. The number of aromatic nitrogens is 1. The van der Waals surface area contributed by atoms with Crippen LogP contribution in [0.2, 0.25) is 0 Å². The maximum Gasteiger partial charge on any atom is 0.255 e. The molecule has 7 heteroatoms. The highest BCUT2D eigenvalue weighted by atomic mass is 32.2. The fourth-order valence-corrected chi connectivity index (χ4v) is 5.73. The summed E-state index contributed by atoms with van der Waals surface area (Å²) in [6.07, 6.45) is 5.90. The summed E-state index contributed by atoms with van der Waals surface area (Å²) in [5.74, 6) is -0.154. The molecule has 0 saturated carbocycles. The number of benzene rings is 2. The molecule has 4 rings (SSSR count). The van der Waals surface area contributed by atoms with Crippen molar-refractivity contribution in [2.75, 3.05) is 24.2 Å². The standard InChI is InChI=1S/C26H31N3O3S/c1-3-4-15-33(31,32)23-10-7-21(8-11-23)26(30)28-24-12-9-22-16-20(17-27-25(22)19(24)2)18-29-13-5-6-14-29/h7-12,16-17H,3-6,13-15,18H2,1-2H3,(H,28,30). The van der Waals surface area contributed by atoms with Gasteiger partial charge in [0.15, 0.2) is 9.84 Å². The summed E-state index contributed by atoms with van der Waals surface area (Å²) in [6, 6.07) is 12.2. The minimum Gasteiger partial charge on any atom is -0.322 e. The van der Waals surface area contributed by atoms with Crippen molar-refractivity contribution in [2.45, 2.75) is 51.0 Å². The summed E-state index contributed by atoms with van der Waals surface area (Å²) in [7, 11) is -3.31. The highest BCUT2D eigenvalue weighted by Gasteiger charge is 2.16. The minimum atomic E-state index is -3.31. The Morgan fingerprint density at radius 1 is 1.09 bits per heavy atom. The van der Waals surface area contributed by atoms with Crippen LogP contribution in [0.5, 0.6) is 0 Å². The molecule has 1 fully saturated rings. The van der Waals surface area contributed by atoms with Gasteiger partial charge in [0.1, 0.15) is 0 Å². The van der Waals surface area contributed by atoms with Crippen LogP contribution in [0.15, 0.2) is 53.6 Å². The van der Waals surface area contributed by atoms with E-state index in [-0.39, 0.29) is 16.6 Å². The number of fused-ring (bicyclic) bond motifs is 1. The molecule has 3 aromatic rings. The molecule has 0 spiro atoms. The number of rotatable bonds is 8. The van der Waals surface area contributed by atoms with E-state index in [9.17, 15) is 13.2 Å². The molecule has 2 heterocycles. The first-order chi connectivity index (χ1) is 15.9. The lowest BCUT2D eigenvalue weighted by molar-refractivity contribution is 0.102.